The Morgan fingerprint density at radius 1 is 0.408 bits per heavy atom. The summed E-state index contributed by atoms with van der Waals surface area (Å²) in [6.45, 7) is 0. The smallest absolute Gasteiger partial charge is 0.289 e. The van der Waals surface area contributed by atoms with Gasteiger partial charge in [0.15, 0.2) is 5.78 Å². The summed E-state index contributed by atoms with van der Waals surface area (Å²) in [5.74, 6) is -0.493. The molecule has 0 bridgehead atoms. The largest absolute Gasteiger partial charge is 0.416 e. The van der Waals surface area contributed by atoms with Crippen molar-refractivity contribution in [3.63, 3.8) is 0 Å². The molecule has 0 N–H and O–H groups in total. The van der Waals surface area contributed by atoms with E-state index in [0.29, 0.717) is 5.56 Å². The molecule has 76 heavy (non-hydrogen) atoms. The Hall–Kier alpha value is -6.98. The maximum atomic E-state index is 14.2. The van der Waals surface area contributed by atoms with Crippen LogP contribution in [0.4, 0.5) is 105 Å². The average Bonchev–Trinajstić information content (AvgIpc) is 3.26. The third-order valence-corrected chi connectivity index (χ3v) is 11.8. The lowest BCUT2D eigenvalue weighted by molar-refractivity contribution is -0.144. The molecule has 0 saturated heterocycles. The molecule has 0 aliphatic heterocycles. The number of halogens is 24. The van der Waals surface area contributed by atoms with E-state index in [2.05, 4.69) is 0 Å². The van der Waals surface area contributed by atoms with Crippen LogP contribution in [0.1, 0.15) is 54.9 Å². The van der Waals surface area contributed by atoms with Crippen molar-refractivity contribution >= 4 is 43.7 Å². The van der Waals surface area contributed by atoms with E-state index in [0.717, 1.165) is 0 Å². The molecule has 4 nitrogen and oxygen atoms in total. The number of allylic oxidation sites excluding steroid dienone is 1. The zero-order chi connectivity index (χ0) is 58.4. The van der Waals surface area contributed by atoms with Crippen LogP contribution in [0.3, 0.4) is 0 Å². The van der Waals surface area contributed by atoms with Crippen LogP contribution in [-0.2, 0) is 63.6 Å². The molecule has 5 rings (SSSR count). The van der Waals surface area contributed by atoms with Crippen LogP contribution >= 0.6 is 0 Å². The van der Waals surface area contributed by atoms with E-state index in [1.165, 1.54) is 12.5 Å². The summed E-state index contributed by atoms with van der Waals surface area (Å²) in [5, 5.41) is 17.8. The summed E-state index contributed by atoms with van der Waals surface area (Å²) in [5.41, 5.74) is -30.1. The number of rotatable bonds is 8. The SMILES string of the molecule is C[S+](C)(=O)CC(C(=O)c1ccccc1)=C(C#N)C#N.FC(F)(F)c1cc([B-](c2cc(C(F)(F)F)cc(C(F)(F)F)c2)(c2cc(C(F)(F)F)cc(C(F)(F)F)c2)c2cc(C(F)(F)F)cc(C(F)(F)F)c2)cc(C(F)(F)F)c1. The molecule has 0 radical (unpaired) electrons. The molecule has 0 aromatic heterocycles. The molecule has 408 valence electrons. The molecule has 0 saturated carbocycles. The van der Waals surface area contributed by atoms with Gasteiger partial charge in [0, 0.05) is 5.56 Å². The fourth-order valence-electron chi connectivity index (χ4n) is 7.59. The number of ketones is 1. The molecule has 0 spiro atoms. The quantitative estimate of drug-likeness (QED) is 0.0387. The van der Waals surface area contributed by atoms with Gasteiger partial charge in [-0.15, -0.1) is 4.21 Å². The van der Waals surface area contributed by atoms with E-state index in [1.807, 2.05) is 0 Å². The highest BCUT2D eigenvalue weighted by Gasteiger charge is 2.47. The van der Waals surface area contributed by atoms with E-state index < -0.39 is 210 Å². The second-order valence-corrected chi connectivity index (χ2v) is 19.7. The monoisotopic (exact) mass is 1140 g/mol. The first-order chi connectivity index (χ1) is 34.1. The van der Waals surface area contributed by atoms with Gasteiger partial charge in [-0.1, -0.05) is 78.9 Å². The van der Waals surface area contributed by atoms with Crippen LogP contribution in [0.5, 0.6) is 0 Å². The van der Waals surface area contributed by atoms with Gasteiger partial charge in [-0.05, 0) is 24.3 Å². The number of alkyl halides is 24. The molecule has 30 heteroatoms. The first kappa shape index (κ1) is 61.6. The maximum absolute atomic E-state index is 14.2. The first-order valence-electron chi connectivity index (χ1n) is 20.1. The van der Waals surface area contributed by atoms with Crippen molar-refractivity contribution in [2.24, 2.45) is 0 Å². The number of benzene rings is 5. The van der Waals surface area contributed by atoms with E-state index in [-0.39, 0.29) is 16.9 Å². The lowest BCUT2D eigenvalue weighted by atomic mass is 9.12. The molecule has 0 amide bonds. The summed E-state index contributed by atoms with van der Waals surface area (Å²) in [7, 11) is -2.27. The van der Waals surface area contributed by atoms with E-state index in [1.54, 1.807) is 42.5 Å². The Balaban J connectivity index is 0.000000552. The molecule has 0 heterocycles. The Morgan fingerprint density at radius 2 is 0.618 bits per heavy atom. The molecular weight excluding hydrogens is 1110 g/mol. The number of nitriles is 2. The summed E-state index contributed by atoms with van der Waals surface area (Å²) in [4.78, 5) is 12.3. The van der Waals surface area contributed by atoms with Crippen LogP contribution in [0.15, 0.2) is 114 Å². The van der Waals surface area contributed by atoms with Crippen molar-refractivity contribution < 1.29 is 114 Å². The summed E-state index contributed by atoms with van der Waals surface area (Å²) in [6.07, 6.45) is -51.8. The number of carbonyl (C=O) groups excluding carboxylic acids is 1. The van der Waals surface area contributed by atoms with Gasteiger partial charge < -0.3 is 0 Å². The second-order valence-electron chi connectivity index (χ2n) is 16.6. The molecular formula is C46H25BF24N2O2S. The van der Waals surface area contributed by atoms with Crippen LogP contribution in [0.25, 0.3) is 0 Å². The minimum Gasteiger partial charge on any atom is -0.289 e. The average molecular weight is 1140 g/mol. The number of carbonyl (C=O) groups is 1. The van der Waals surface area contributed by atoms with Gasteiger partial charge in [0.1, 0.15) is 42.1 Å². The van der Waals surface area contributed by atoms with Crippen molar-refractivity contribution in [2.75, 3.05) is 18.3 Å². The zero-order valence-corrected chi connectivity index (χ0v) is 38.1. The van der Waals surface area contributed by atoms with Crippen LogP contribution < -0.4 is 21.9 Å². The van der Waals surface area contributed by atoms with Gasteiger partial charge in [-0.25, -0.2) is 0 Å². The number of Topliss-reactive ketones (excluding diaryl/α,β-unsaturated/α-hetero) is 1. The highest BCUT2D eigenvalue weighted by atomic mass is 32.2. The maximum Gasteiger partial charge on any atom is 0.416 e. The van der Waals surface area contributed by atoms with E-state index in [9.17, 15) is 114 Å². The van der Waals surface area contributed by atoms with Gasteiger partial charge in [-0.3, -0.25) is 4.79 Å². The number of hydrogen-bond acceptors (Lipinski definition) is 4. The van der Waals surface area contributed by atoms with Crippen molar-refractivity contribution in [2.45, 2.75) is 49.4 Å². The summed E-state index contributed by atoms with van der Waals surface area (Å²) >= 11 is 0. The summed E-state index contributed by atoms with van der Waals surface area (Å²) < 4.78 is 353. The van der Waals surface area contributed by atoms with E-state index >= 15 is 0 Å². The Bertz CT molecular complexity index is 2710. The number of nitrogens with zero attached hydrogens (tertiary/aromatic N) is 2. The standard InChI is InChI=1S/C32H12BF24.C14H13N2O2S/c34-25(35,36)13-1-14(26(37,38)39)6-21(5-13)33(22-7-15(27(40,41)42)2-16(8-22)28(43,44)45,23-9-17(29(46,47)48)3-18(10-23)30(49,50)51)24-11-19(31(52,53)54)4-20(12-24)32(55,56)57;1-19(2,18)10-13(12(8-15)9-16)14(17)11-6-4-3-5-7-11/h1-12H;3-7H,10H2,1-2H3/q-1;+1. The summed E-state index contributed by atoms with van der Waals surface area (Å²) in [6, 6.07) is 2.93. The Labute approximate surface area is 412 Å². The normalized spacial score (nSPS) is 13.3. The molecule has 5 aromatic rings. The second kappa shape index (κ2) is 20.9. The van der Waals surface area contributed by atoms with Crippen molar-refractivity contribution in [1.29, 1.82) is 10.5 Å². The Kier molecular flexibility index (Phi) is 16.9. The molecule has 0 aliphatic carbocycles. The first-order valence-corrected chi connectivity index (χ1v) is 22.6. The fourth-order valence-corrected chi connectivity index (χ4v) is 8.56. The third-order valence-electron chi connectivity index (χ3n) is 10.8. The zero-order valence-electron chi connectivity index (χ0n) is 37.3. The minimum absolute atomic E-state index is 0.0196. The molecule has 0 atom stereocenters. The highest BCUT2D eigenvalue weighted by Crippen LogP contribution is 2.41. The van der Waals surface area contributed by atoms with Crippen LogP contribution in [-0.4, -0.2) is 30.2 Å². The lowest BCUT2D eigenvalue weighted by Gasteiger charge is -2.46. The van der Waals surface area contributed by atoms with Crippen molar-refractivity contribution in [3.8, 4) is 12.1 Å². The highest BCUT2D eigenvalue weighted by molar-refractivity contribution is 8.01. The predicted octanol–water partition coefficient (Wildman–Crippen LogP) is 13.2. The van der Waals surface area contributed by atoms with Crippen molar-refractivity contribution in [3.05, 3.63) is 164 Å². The van der Waals surface area contributed by atoms with Gasteiger partial charge >= 0.3 is 49.4 Å². The van der Waals surface area contributed by atoms with Crippen LogP contribution in [0.2, 0.25) is 0 Å². The molecule has 0 aliphatic rings. The van der Waals surface area contributed by atoms with Gasteiger partial charge in [0.2, 0.25) is 0 Å². The Morgan fingerprint density at radius 3 is 0.789 bits per heavy atom. The van der Waals surface area contributed by atoms with Gasteiger partial charge in [-0.2, -0.15) is 138 Å². The molecule has 0 fully saturated rings. The fraction of sp³-hybridized carbons (Fsp3) is 0.239. The topological polar surface area (TPSA) is 81.7 Å². The molecule has 0 unspecified atom stereocenters. The lowest BCUT2D eigenvalue weighted by Crippen LogP contribution is -2.75. The van der Waals surface area contributed by atoms with E-state index in [4.69, 9.17) is 10.5 Å². The predicted molar refractivity (Wildman–Crippen MR) is 224 cm³/mol. The van der Waals surface area contributed by atoms with Gasteiger partial charge in [0.05, 0.1) is 60.0 Å². The number of hydrogen-bond donors (Lipinski definition) is 0. The molecule has 5 aromatic carbocycles. The minimum atomic E-state index is -6.13. The third kappa shape index (κ3) is 14.5. The van der Waals surface area contributed by atoms with Gasteiger partial charge in [0.25, 0.3) is 0 Å². The van der Waals surface area contributed by atoms with Crippen molar-refractivity contribution in [1.82, 2.24) is 0 Å². The van der Waals surface area contributed by atoms with Crippen LogP contribution in [0, 0.1) is 22.7 Å².